The number of imidazole rings is 1. The molecule has 1 N–H and O–H groups in total. The number of benzene rings is 1. The van der Waals surface area contributed by atoms with Crippen molar-refractivity contribution in [2.24, 2.45) is 7.05 Å². The quantitative estimate of drug-likeness (QED) is 0.744. The van der Waals surface area contributed by atoms with Crippen LogP contribution in [0.2, 0.25) is 5.28 Å². The Morgan fingerprint density at radius 1 is 1.33 bits per heavy atom. The molecule has 5 heteroatoms. The molecule has 0 fully saturated rings. The number of carbonyl (C=O) groups excluding carboxylic acids is 1. The fourth-order valence-electron chi connectivity index (χ4n) is 3.11. The SMILES string of the molecule is Cn1c(-c2ccc3[nH]c4c(c3c2)CCCC4=O)cnc1Cl. The summed E-state index contributed by atoms with van der Waals surface area (Å²) in [6.45, 7) is 0. The lowest BCUT2D eigenvalue weighted by Gasteiger charge is -2.10. The lowest BCUT2D eigenvalue weighted by atomic mass is 9.94. The van der Waals surface area contributed by atoms with Gasteiger partial charge in [-0.2, -0.15) is 0 Å². The maximum Gasteiger partial charge on any atom is 0.202 e. The molecule has 106 valence electrons. The first-order chi connectivity index (χ1) is 10.1. The van der Waals surface area contributed by atoms with Crippen LogP contribution in [-0.4, -0.2) is 20.3 Å². The number of aromatic amines is 1. The van der Waals surface area contributed by atoms with Gasteiger partial charge in [-0.3, -0.25) is 4.79 Å². The minimum absolute atomic E-state index is 0.220. The molecule has 0 aliphatic heterocycles. The number of rotatable bonds is 1. The number of aromatic nitrogens is 3. The first-order valence-electron chi connectivity index (χ1n) is 7.00. The van der Waals surface area contributed by atoms with E-state index < -0.39 is 0 Å². The van der Waals surface area contributed by atoms with Crippen LogP contribution in [0.3, 0.4) is 0 Å². The summed E-state index contributed by atoms with van der Waals surface area (Å²) < 4.78 is 1.85. The number of nitrogens with zero attached hydrogens (tertiary/aromatic N) is 2. The number of nitrogens with one attached hydrogen (secondary N) is 1. The molecule has 0 radical (unpaired) electrons. The zero-order valence-electron chi connectivity index (χ0n) is 11.6. The Labute approximate surface area is 126 Å². The van der Waals surface area contributed by atoms with Crippen molar-refractivity contribution in [1.82, 2.24) is 14.5 Å². The third-order valence-corrected chi connectivity index (χ3v) is 4.59. The lowest BCUT2D eigenvalue weighted by Crippen LogP contribution is -2.09. The van der Waals surface area contributed by atoms with Crippen LogP contribution in [0, 0.1) is 0 Å². The van der Waals surface area contributed by atoms with Gasteiger partial charge in [0, 0.05) is 29.9 Å². The first-order valence-corrected chi connectivity index (χ1v) is 7.38. The van der Waals surface area contributed by atoms with Gasteiger partial charge in [0.05, 0.1) is 17.6 Å². The topological polar surface area (TPSA) is 50.7 Å². The number of hydrogen-bond acceptors (Lipinski definition) is 2. The Hall–Kier alpha value is -2.07. The van der Waals surface area contributed by atoms with Crippen molar-refractivity contribution in [2.75, 3.05) is 0 Å². The number of aryl methyl sites for hydroxylation is 1. The van der Waals surface area contributed by atoms with Gasteiger partial charge in [-0.15, -0.1) is 0 Å². The largest absolute Gasteiger partial charge is 0.352 e. The second-order valence-corrected chi connectivity index (χ2v) is 5.83. The van der Waals surface area contributed by atoms with E-state index >= 15 is 0 Å². The number of carbonyl (C=O) groups is 1. The van der Waals surface area contributed by atoms with Crippen LogP contribution >= 0.6 is 11.6 Å². The summed E-state index contributed by atoms with van der Waals surface area (Å²) in [5.41, 5.74) is 4.99. The van der Waals surface area contributed by atoms with E-state index in [0.717, 1.165) is 46.3 Å². The molecule has 4 rings (SSSR count). The van der Waals surface area contributed by atoms with E-state index in [0.29, 0.717) is 11.7 Å². The average Bonchev–Trinajstić information content (AvgIpc) is 3.01. The third-order valence-electron chi connectivity index (χ3n) is 4.24. The van der Waals surface area contributed by atoms with Crippen LogP contribution in [0.25, 0.3) is 22.2 Å². The molecule has 1 aliphatic carbocycles. The van der Waals surface area contributed by atoms with Crippen molar-refractivity contribution in [3.63, 3.8) is 0 Å². The van der Waals surface area contributed by atoms with E-state index in [9.17, 15) is 4.79 Å². The van der Waals surface area contributed by atoms with E-state index in [-0.39, 0.29) is 5.78 Å². The van der Waals surface area contributed by atoms with Crippen molar-refractivity contribution in [3.8, 4) is 11.3 Å². The smallest absolute Gasteiger partial charge is 0.202 e. The predicted octanol–water partition coefficient (Wildman–Crippen LogP) is 3.74. The Balaban J connectivity index is 1.94. The molecule has 0 unspecified atom stereocenters. The van der Waals surface area contributed by atoms with Crippen molar-refractivity contribution in [1.29, 1.82) is 0 Å². The maximum absolute atomic E-state index is 12.0. The average molecular weight is 300 g/mol. The van der Waals surface area contributed by atoms with Gasteiger partial charge in [-0.05, 0) is 42.1 Å². The second kappa shape index (κ2) is 4.46. The molecule has 0 saturated heterocycles. The van der Waals surface area contributed by atoms with Crippen molar-refractivity contribution >= 4 is 28.3 Å². The fraction of sp³-hybridized carbons (Fsp3) is 0.250. The molecule has 1 aromatic carbocycles. The molecule has 21 heavy (non-hydrogen) atoms. The molecule has 4 nitrogen and oxygen atoms in total. The Bertz CT molecular complexity index is 875. The fourth-order valence-corrected chi connectivity index (χ4v) is 3.25. The van der Waals surface area contributed by atoms with Crippen LogP contribution in [0.15, 0.2) is 24.4 Å². The third kappa shape index (κ3) is 1.83. The van der Waals surface area contributed by atoms with E-state index in [2.05, 4.69) is 16.0 Å². The highest BCUT2D eigenvalue weighted by molar-refractivity contribution is 6.28. The lowest BCUT2D eigenvalue weighted by molar-refractivity contribution is 0.0968. The number of H-pyrrole nitrogens is 1. The van der Waals surface area contributed by atoms with Crippen LogP contribution < -0.4 is 0 Å². The van der Waals surface area contributed by atoms with Crippen LogP contribution in [0.5, 0.6) is 0 Å². The molecule has 0 bridgehead atoms. The van der Waals surface area contributed by atoms with Crippen LogP contribution in [0.1, 0.15) is 28.9 Å². The Morgan fingerprint density at radius 2 is 2.19 bits per heavy atom. The summed E-state index contributed by atoms with van der Waals surface area (Å²) in [6, 6.07) is 6.18. The highest BCUT2D eigenvalue weighted by atomic mass is 35.5. The molecule has 0 saturated carbocycles. The Morgan fingerprint density at radius 3 is 2.95 bits per heavy atom. The minimum atomic E-state index is 0.220. The van der Waals surface area contributed by atoms with Crippen molar-refractivity contribution in [2.45, 2.75) is 19.3 Å². The van der Waals surface area contributed by atoms with Crippen LogP contribution in [0.4, 0.5) is 0 Å². The molecule has 1 aliphatic rings. The highest BCUT2D eigenvalue weighted by Gasteiger charge is 2.22. The maximum atomic E-state index is 12.0. The number of hydrogen-bond donors (Lipinski definition) is 1. The number of fused-ring (bicyclic) bond motifs is 3. The highest BCUT2D eigenvalue weighted by Crippen LogP contribution is 2.32. The van der Waals surface area contributed by atoms with Crippen LogP contribution in [-0.2, 0) is 13.5 Å². The Kier molecular flexibility index (Phi) is 2.69. The number of Topliss-reactive ketones (excluding diaryl/α,β-unsaturated/α-hetero) is 1. The molecule has 0 amide bonds. The second-order valence-electron chi connectivity index (χ2n) is 5.49. The summed E-state index contributed by atoms with van der Waals surface area (Å²) >= 11 is 6.01. The van der Waals surface area contributed by atoms with Gasteiger partial charge in [0.2, 0.25) is 5.28 Å². The number of ketones is 1. The monoisotopic (exact) mass is 299 g/mol. The summed E-state index contributed by atoms with van der Waals surface area (Å²) in [4.78, 5) is 19.4. The van der Waals surface area contributed by atoms with Gasteiger partial charge in [0.1, 0.15) is 0 Å². The van der Waals surface area contributed by atoms with Gasteiger partial charge in [0.15, 0.2) is 5.78 Å². The first kappa shape index (κ1) is 12.7. The van der Waals surface area contributed by atoms with Gasteiger partial charge < -0.3 is 9.55 Å². The zero-order valence-corrected chi connectivity index (χ0v) is 12.4. The number of halogens is 1. The van der Waals surface area contributed by atoms with Gasteiger partial charge >= 0.3 is 0 Å². The minimum Gasteiger partial charge on any atom is -0.352 e. The zero-order chi connectivity index (χ0) is 14.6. The molecule has 2 heterocycles. The normalized spacial score (nSPS) is 14.7. The van der Waals surface area contributed by atoms with E-state index in [1.807, 2.05) is 23.7 Å². The molecular formula is C16H14ClN3O. The molecule has 0 atom stereocenters. The van der Waals surface area contributed by atoms with Crippen molar-refractivity contribution < 1.29 is 4.79 Å². The van der Waals surface area contributed by atoms with Gasteiger partial charge in [-0.25, -0.2) is 4.98 Å². The molecule has 2 aromatic heterocycles. The van der Waals surface area contributed by atoms with E-state index in [1.54, 1.807) is 6.20 Å². The van der Waals surface area contributed by atoms with Crippen molar-refractivity contribution in [3.05, 3.63) is 40.9 Å². The molecule has 3 aromatic rings. The van der Waals surface area contributed by atoms with E-state index in [1.165, 1.54) is 0 Å². The predicted molar refractivity (Wildman–Crippen MR) is 82.8 cm³/mol. The summed E-state index contributed by atoms with van der Waals surface area (Å²) in [6.07, 6.45) is 4.30. The molecule has 0 spiro atoms. The molecular weight excluding hydrogens is 286 g/mol. The summed E-state index contributed by atoms with van der Waals surface area (Å²) in [7, 11) is 1.89. The van der Waals surface area contributed by atoms with E-state index in [4.69, 9.17) is 11.6 Å². The standard InChI is InChI=1S/C16H14ClN3O/c1-20-13(8-18-16(20)17)9-5-6-12-11(7-9)10-3-2-4-14(21)15(10)19-12/h5-8,19H,2-4H2,1H3. The summed E-state index contributed by atoms with van der Waals surface area (Å²) in [5, 5.41) is 1.60. The summed E-state index contributed by atoms with van der Waals surface area (Å²) in [5.74, 6) is 0.220. The van der Waals surface area contributed by atoms with Gasteiger partial charge in [-0.1, -0.05) is 6.07 Å². The van der Waals surface area contributed by atoms with Gasteiger partial charge in [0.25, 0.3) is 0 Å².